The molecule has 2 N–H and O–H groups in total. The molecule has 0 saturated heterocycles. The summed E-state index contributed by atoms with van der Waals surface area (Å²) in [5.41, 5.74) is 0.668. The zero-order valence-electron chi connectivity index (χ0n) is 13.0. The van der Waals surface area contributed by atoms with Gasteiger partial charge in [0.1, 0.15) is 0 Å². The first-order chi connectivity index (χ1) is 10.5. The third-order valence-electron chi connectivity index (χ3n) is 4.13. The van der Waals surface area contributed by atoms with E-state index >= 15 is 0 Å². The highest BCUT2D eigenvalue weighted by atomic mass is 19.1. The predicted octanol–water partition coefficient (Wildman–Crippen LogP) is 2.14. The molecule has 1 aromatic carbocycles. The molecule has 0 bridgehead atoms. The minimum atomic E-state index is -0.448. The molecule has 2 rings (SSSR count). The number of halogens is 1. The van der Waals surface area contributed by atoms with Crippen molar-refractivity contribution in [3.63, 3.8) is 0 Å². The van der Waals surface area contributed by atoms with Gasteiger partial charge in [0.15, 0.2) is 11.6 Å². The van der Waals surface area contributed by atoms with Crippen LogP contribution in [0.2, 0.25) is 0 Å². The largest absolute Gasteiger partial charge is 0.494 e. The Morgan fingerprint density at radius 2 is 2.27 bits per heavy atom. The maximum absolute atomic E-state index is 13.6. The number of hydrogen-bond acceptors (Lipinski definition) is 3. The van der Waals surface area contributed by atoms with Crippen LogP contribution in [0, 0.1) is 11.7 Å². The van der Waals surface area contributed by atoms with Crippen molar-refractivity contribution in [1.29, 1.82) is 0 Å². The zero-order chi connectivity index (χ0) is 16.1. The number of rotatable bonds is 5. The Kier molecular flexibility index (Phi) is 5.60. The third-order valence-corrected chi connectivity index (χ3v) is 4.13. The third kappa shape index (κ3) is 4.10. The van der Waals surface area contributed by atoms with Crippen LogP contribution in [0.15, 0.2) is 18.2 Å². The molecule has 1 aliphatic rings. The van der Waals surface area contributed by atoms with Crippen LogP contribution in [-0.4, -0.2) is 42.8 Å². The number of nitrogens with zero attached hydrogens (tertiary/aromatic N) is 1. The van der Waals surface area contributed by atoms with Gasteiger partial charge in [-0.2, -0.15) is 0 Å². The van der Waals surface area contributed by atoms with Gasteiger partial charge in [0.2, 0.25) is 0 Å². The summed E-state index contributed by atoms with van der Waals surface area (Å²) < 4.78 is 18.4. The lowest BCUT2D eigenvalue weighted by atomic mass is 10.1. The highest BCUT2D eigenvalue weighted by Gasteiger charge is 2.27. The van der Waals surface area contributed by atoms with E-state index in [1.807, 2.05) is 0 Å². The fourth-order valence-corrected chi connectivity index (χ4v) is 2.80. The van der Waals surface area contributed by atoms with E-state index in [0.29, 0.717) is 12.1 Å². The summed E-state index contributed by atoms with van der Waals surface area (Å²) in [6.45, 7) is 0.779. The number of benzene rings is 1. The second kappa shape index (κ2) is 7.45. The first-order valence-electron chi connectivity index (χ1n) is 7.50. The molecule has 1 fully saturated rings. The van der Waals surface area contributed by atoms with Crippen molar-refractivity contribution in [2.75, 3.05) is 20.7 Å². The Hall–Kier alpha value is -1.82. The standard InChI is InChI=1S/C16H23FN2O3/c1-19(10-12-4-3-5-14(12)20)16(21)18-9-11-6-7-15(22-2)13(17)8-11/h6-8,12,14,20H,3-5,9-10H2,1-2H3,(H,18,21). The fourth-order valence-electron chi connectivity index (χ4n) is 2.80. The number of aliphatic hydroxyl groups excluding tert-OH is 1. The molecular weight excluding hydrogens is 287 g/mol. The molecular formula is C16H23FN2O3. The van der Waals surface area contributed by atoms with Crippen LogP contribution in [0.4, 0.5) is 9.18 Å². The van der Waals surface area contributed by atoms with Gasteiger partial charge >= 0.3 is 6.03 Å². The van der Waals surface area contributed by atoms with Crippen molar-refractivity contribution in [1.82, 2.24) is 10.2 Å². The number of urea groups is 1. The molecule has 0 aliphatic heterocycles. The maximum Gasteiger partial charge on any atom is 0.317 e. The van der Waals surface area contributed by atoms with Crippen LogP contribution in [0.1, 0.15) is 24.8 Å². The van der Waals surface area contributed by atoms with E-state index in [2.05, 4.69) is 5.32 Å². The quantitative estimate of drug-likeness (QED) is 0.876. The lowest BCUT2D eigenvalue weighted by Gasteiger charge is -2.23. The number of methoxy groups -OCH3 is 1. The first-order valence-corrected chi connectivity index (χ1v) is 7.50. The molecule has 2 amide bonds. The smallest absolute Gasteiger partial charge is 0.317 e. The fraction of sp³-hybridized carbons (Fsp3) is 0.562. The van der Waals surface area contributed by atoms with Crippen molar-refractivity contribution in [2.24, 2.45) is 5.92 Å². The van der Waals surface area contributed by atoms with E-state index < -0.39 is 5.82 Å². The Labute approximate surface area is 130 Å². The maximum atomic E-state index is 13.6. The number of amides is 2. The second-order valence-corrected chi connectivity index (χ2v) is 5.77. The Morgan fingerprint density at radius 1 is 1.50 bits per heavy atom. The van der Waals surface area contributed by atoms with Crippen molar-refractivity contribution in [3.05, 3.63) is 29.6 Å². The number of carbonyl (C=O) groups excluding carboxylic acids is 1. The first kappa shape index (κ1) is 16.5. The summed E-state index contributed by atoms with van der Waals surface area (Å²) in [6, 6.07) is 4.37. The molecule has 1 aliphatic carbocycles. The van der Waals surface area contributed by atoms with Crippen LogP contribution >= 0.6 is 0 Å². The van der Waals surface area contributed by atoms with Crippen molar-refractivity contribution < 1.29 is 19.0 Å². The minimum absolute atomic E-state index is 0.147. The molecule has 6 heteroatoms. The number of aliphatic hydroxyl groups is 1. The van der Waals surface area contributed by atoms with Crippen LogP contribution in [0.5, 0.6) is 5.75 Å². The lowest BCUT2D eigenvalue weighted by molar-refractivity contribution is 0.114. The molecule has 0 aromatic heterocycles. The Morgan fingerprint density at radius 3 is 2.86 bits per heavy atom. The van der Waals surface area contributed by atoms with Crippen molar-refractivity contribution in [3.8, 4) is 5.75 Å². The Bertz CT molecular complexity index is 524. The summed E-state index contributed by atoms with van der Waals surface area (Å²) in [4.78, 5) is 13.6. The van der Waals surface area contributed by atoms with E-state index in [1.54, 1.807) is 18.0 Å². The number of hydrogen-bond donors (Lipinski definition) is 2. The lowest BCUT2D eigenvalue weighted by Crippen LogP contribution is -2.40. The SMILES string of the molecule is COc1ccc(CNC(=O)N(C)CC2CCCC2O)cc1F. The highest BCUT2D eigenvalue weighted by Crippen LogP contribution is 2.26. The van der Waals surface area contributed by atoms with Crippen LogP contribution in [-0.2, 0) is 6.54 Å². The van der Waals surface area contributed by atoms with Crippen molar-refractivity contribution in [2.45, 2.75) is 31.9 Å². The van der Waals surface area contributed by atoms with Gasteiger partial charge in [-0.3, -0.25) is 0 Å². The molecule has 0 radical (unpaired) electrons. The van der Waals surface area contributed by atoms with Crippen molar-refractivity contribution >= 4 is 6.03 Å². The Balaban J connectivity index is 1.82. The summed E-state index contributed by atoms with van der Waals surface area (Å²) >= 11 is 0. The highest BCUT2D eigenvalue weighted by molar-refractivity contribution is 5.73. The molecule has 2 atom stereocenters. The van der Waals surface area contributed by atoms with Crippen LogP contribution in [0.25, 0.3) is 0 Å². The summed E-state index contributed by atoms with van der Waals surface area (Å²) in [5, 5.41) is 12.5. The van der Waals surface area contributed by atoms with Crippen LogP contribution < -0.4 is 10.1 Å². The second-order valence-electron chi connectivity index (χ2n) is 5.77. The molecule has 0 spiro atoms. The van der Waals surface area contributed by atoms with Gasteiger partial charge in [0.25, 0.3) is 0 Å². The van der Waals surface area contributed by atoms with E-state index in [0.717, 1.165) is 19.3 Å². The monoisotopic (exact) mass is 310 g/mol. The topological polar surface area (TPSA) is 61.8 Å². The number of nitrogens with one attached hydrogen (secondary N) is 1. The van der Waals surface area contributed by atoms with E-state index in [4.69, 9.17) is 4.74 Å². The normalized spacial score (nSPS) is 20.7. The van der Waals surface area contributed by atoms with Gasteiger partial charge in [0, 0.05) is 26.1 Å². The molecule has 22 heavy (non-hydrogen) atoms. The van der Waals surface area contributed by atoms with Gasteiger partial charge in [-0.15, -0.1) is 0 Å². The molecule has 0 heterocycles. The van der Waals surface area contributed by atoms with Gasteiger partial charge in [-0.25, -0.2) is 9.18 Å². The van der Waals surface area contributed by atoms with Gasteiger partial charge in [-0.05, 0) is 30.5 Å². The molecule has 5 nitrogen and oxygen atoms in total. The molecule has 1 aromatic rings. The summed E-state index contributed by atoms with van der Waals surface area (Å²) in [6.07, 6.45) is 2.45. The average Bonchev–Trinajstić information content (AvgIpc) is 2.90. The minimum Gasteiger partial charge on any atom is -0.494 e. The molecule has 1 saturated carbocycles. The van der Waals surface area contributed by atoms with E-state index in [1.165, 1.54) is 19.2 Å². The van der Waals surface area contributed by atoms with Gasteiger partial charge in [0.05, 0.1) is 13.2 Å². The van der Waals surface area contributed by atoms with Gasteiger partial charge < -0.3 is 20.1 Å². The number of carbonyl (C=O) groups is 1. The predicted molar refractivity (Wildman–Crippen MR) is 81.2 cm³/mol. The van der Waals surface area contributed by atoms with E-state index in [9.17, 15) is 14.3 Å². The summed E-state index contributed by atoms with van der Waals surface area (Å²) in [5.74, 6) is -0.117. The van der Waals surface area contributed by atoms with Gasteiger partial charge in [-0.1, -0.05) is 12.5 Å². The van der Waals surface area contributed by atoms with E-state index in [-0.39, 0.29) is 30.3 Å². The van der Waals surface area contributed by atoms with Crippen LogP contribution in [0.3, 0.4) is 0 Å². The zero-order valence-corrected chi connectivity index (χ0v) is 13.0. The molecule has 122 valence electrons. The average molecular weight is 310 g/mol. The number of ether oxygens (including phenoxy) is 1. The summed E-state index contributed by atoms with van der Waals surface area (Å²) in [7, 11) is 3.11. The molecule has 2 unspecified atom stereocenters.